The average molecular weight is 654 g/mol. The zero-order valence-electron chi connectivity index (χ0n) is 28.2. The number of aromatic nitrogens is 3. The molecule has 0 amide bonds. The molecule has 1 aliphatic carbocycles. The number of para-hydroxylation sites is 3. The van der Waals surface area contributed by atoms with E-state index in [0.717, 1.165) is 78.1 Å². The van der Waals surface area contributed by atoms with Gasteiger partial charge in [-0.15, -0.1) is 0 Å². The fourth-order valence-electron chi connectivity index (χ4n) is 8.42. The fourth-order valence-corrected chi connectivity index (χ4v) is 8.42. The monoisotopic (exact) mass is 653 g/mol. The molecule has 0 bridgehead atoms. The van der Waals surface area contributed by atoms with Gasteiger partial charge in [0.05, 0.1) is 22.4 Å². The van der Waals surface area contributed by atoms with E-state index in [1.807, 2.05) is 12.1 Å². The minimum absolute atomic E-state index is 0.398. The molecular weight excluding hydrogens is 623 g/mol. The lowest BCUT2D eigenvalue weighted by atomic mass is 9.84. The molecule has 51 heavy (non-hydrogen) atoms. The molecule has 0 saturated heterocycles. The molecule has 1 aliphatic rings. The van der Waals surface area contributed by atoms with Gasteiger partial charge in [0.25, 0.3) is 0 Å². The maximum Gasteiger partial charge on any atom is 0.164 e. The van der Waals surface area contributed by atoms with Crippen LogP contribution in [0.4, 0.5) is 0 Å². The van der Waals surface area contributed by atoms with Crippen molar-refractivity contribution < 1.29 is 4.42 Å². The zero-order chi connectivity index (χ0) is 33.8. The Bertz CT molecular complexity index is 3060. The quantitative estimate of drug-likeness (QED) is 0.191. The maximum atomic E-state index is 6.46. The standard InChI is InChI=1S/C47H31N3O/c1-47(2)38-26-31(32-19-12-20-35-34-18-9-11-22-41(34)51-44(32)35)23-24-36(38)43-45(47)49-46(42(48-43)28-13-4-3-5-14-28)50-39-21-10-8-17-33(39)37-25-29-15-6-7-16-30(29)27-40(37)50/h3-27H,1-2H3. The Balaban J connectivity index is 1.17. The van der Waals surface area contributed by atoms with Crippen LogP contribution in [-0.4, -0.2) is 14.5 Å². The number of rotatable bonds is 3. The van der Waals surface area contributed by atoms with Crippen molar-refractivity contribution in [3.05, 3.63) is 163 Å². The molecule has 4 nitrogen and oxygen atoms in total. The van der Waals surface area contributed by atoms with E-state index in [9.17, 15) is 0 Å². The molecule has 0 atom stereocenters. The summed E-state index contributed by atoms with van der Waals surface area (Å²) in [7, 11) is 0. The van der Waals surface area contributed by atoms with Crippen molar-refractivity contribution in [3.63, 3.8) is 0 Å². The molecule has 0 saturated carbocycles. The SMILES string of the molecule is CC1(C)c2cc(-c3cccc4c3oc3ccccc34)ccc2-c2nc(-c3ccccc3)c(-n3c4ccccc4c4cc5ccccc5cc43)nc21. The lowest BCUT2D eigenvalue weighted by molar-refractivity contribution is 0.633. The summed E-state index contributed by atoms with van der Waals surface area (Å²) in [6.45, 7) is 4.56. The Labute approximate surface area is 294 Å². The molecule has 0 aliphatic heterocycles. The van der Waals surface area contributed by atoms with E-state index >= 15 is 0 Å². The van der Waals surface area contributed by atoms with Crippen LogP contribution in [0.25, 0.3) is 94.0 Å². The molecule has 3 aromatic heterocycles. The van der Waals surface area contributed by atoms with Gasteiger partial charge in [-0.1, -0.05) is 135 Å². The lowest BCUT2D eigenvalue weighted by Crippen LogP contribution is -2.19. The molecule has 0 spiro atoms. The van der Waals surface area contributed by atoms with Crippen molar-refractivity contribution >= 4 is 54.5 Å². The van der Waals surface area contributed by atoms with Gasteiger partial charge in [-0.25, -0.2) is 9.97 Å². The summed E-state index contributed by atoms with van der Waals surface area (Å²) in [6.07, 6.45) is 0. The van der Waals surface area contributed by atoms with Crippen LogP contribution in [0.1, 0.15) is 25.1 Å². The van der Waals surface area contributed by atoms with Crippen LogP contribution in [0.15, 0.2) is 156 Å². The minimum atomic E-state index is -0.398. The highest BCUT2D eigenvalue weighted by molar-refractivity contribution is 6.14. The Morgan fingerprint density at radius 3 is 2.10 bits per heavy atom. The van der Waals surface area contributed by atoms with Crippen molar-refractivity contribution in [1.29, 1.82) is 0 Å². The van der Waals surface area contributed by atoms with Crippen LogP contribution in [0, 0.1) is 0 Å². The summed E-state index contributed by atoms with van der Waals surface area (Å²) >= 11 is 0. The van der Waals surface area contributed by atoms with Gasteiger partial charge in [-0.2, -0.15) is 0 Å². The van der Waals surface area contributed by atoms with Gasteiger partial charge in [-0.05, 0) is 52.2 Å². The summed E-state index contributed by atoms with van der Waals surface area (Å²) in [5.41, 5.74) is 12.0. The van der Waals surface area contributed by atoms with Crippen LogP contribution < -0.4 is 0 Å². The molecule has 0 unspecified atom stereocenters. The smallest absolute Gasteiger partial charge is 0.164 e. The predicted octanol–water partition coefficient (Wildman–Crippen LogP) is 12.3. The highest BCUT2D eigenvalue weighted by Crippen LogP contribution is 2.50. The maximum absolute atomic E-state index is 6.46. The largest absolute Gasteiger partial charge is 0.455 e. The normalized spacial score (nSPS) is 13.5. The third-order valence-electron chi connectivity index (χ3n) is 10.9. The van der Waals surface area contributed by atoms with Gasteiger partial charge in [0.2, 0.25) is 0 Å². The first kappa shape index (κ1) is 28.3. The molecule has 0 radical (unpaired) electrons. The number of nitrogens with zero attached hydrogens (tertiary/aromatic N) is 3. The van der Waals surface area contributed by atoms with E-state index in [-0.39, 0.29) is 0 Å². The molecule has 4 heteroatoms. The molecule has 3 heterocycles. The second-order valence-corrected chi connectivity index (χ2v) is 14.2. The van der Waals surface area contributed by atoms with Crippen molar-refractivity contribution in [1.82, 2.24) is 14.5 Å². The summed E-state index contributed by atoms with van der Waals surface area (Å²) in [6, 6.07) is 53.8. The highest BCUT2D eigenvalue weighted by atomic mass is 16.3. The average Bonchev–Trinajstić information content (AvgIpc) is 3.79. The highest BCUT2D eigenvalue weighted by Gasteiger charge is 2.40. The fraction of sp³-hybridized carbons (Fsp3) is 0.0638. The topological polar surface area (TPSA) is 43.9 Å². The van der Waals surface area contributed by atoms with Gasteiger partial charge < -0.3 is 4.42 Å². The number of fused-ring (bicyclic) bond motifs is 10. The van der Waals surface area contributed by atoms with Gasteiger partial charge in [0.1, 0.15) is 16.9 Å². The molecule has 240 valence electrons. The van der Waals surface area contributed by atoms with Crippen LogP contribution in [0.2, 0.25) is 0 Å². The van der Waals surface area contributed by atoms with Crippen molar-refractivity contribution in [2.75, 3.05) is 0 Å². The molecular formula is C47H31N3O. The third-order valence-corrected chi connectivity index (χ3v) is 10.9. The molecule has 7 aromatic carbocycles. The Morgan fingerprint density at radius 1 is 0.510 bits per heavy atom. The number of hydrogen-bond donors (Lipinski definition) is 0. The van der Waals surface area contributed by atoms with E-state index in [1.54, 1.807) is 0 Å². The van der Waals surface area contributed by atoms with Crippen LogP contribution in [-0.2, 0) is 5.41 Å². The van der Waals surface area contributed by atoms with E-state index in [2.05, 4.69) is 158 Å². The number of benzene rings is 7. The molecule has 0 N–H and O–H groups in total. The van der Waals surface area contributed by atoms with Gasteiger partial charge >= 0.3 is 0 Å². The molecule has 11 rings (SSSR count). The zero-order valence-corrected chi connectivity index (χ0v) is 28.2. The van der Waals surface area contributed by atoms with Crippen molar-refractivity contribution in [2.24, 2.45) is 0 Å². The second kappa shape index (κ2) is 10.3. The molecule has 10 aromatic rings. The van der Waals surface area contributed by atoms with Gasteiger partial charge in [0.15, 0.2) is 5.82 Å². The summed E-state index contributed by atoms with van der Waals surface area (Å²) in [5, 5.41) is 7.09. The van der Waals surface area contributed by atoms with Crippen LogP contribution in [0.5, 0.6) is 0 Å². The van der Waals surface area contributed by atoms with E-state index in [1.165, 1.54) is 27.1 Å². The Hall–Kier alpha value is -6.52. The number of hydrogen-bond acceptors (Lipinski definition) is 3. The third kappa shape index (κ3) is 3.96. The number of furan rings is 1. The summed E-state index contributed by atoms with van der Waals surface area (Å²) < 4.78 is 8.80. The van der Waals surface area contributed by atoms with Crippen molar-refractivity contribution in [3.8, 4) is 39.5 Å². The Kier molecular flexibility index (Phi) is 5.70. The van der Waals surface area contributed by atoms with Crippen LogP contribution in [0.3, 0.4) is 0 Å². The minimum Gasteiger partial charge on any atom is -0.455 e. The molecule has 0 fully saturated rings. The van der Waals surface area contributed by atoms with Gasteiger partial charge in [0, 0.05) is 43.7 Å². The van der Waals surface area contributed by atoms with Crippen LogP contribution >= 0.6 is 0 Å². The lowest BCUT2D eigenvalue weighted by Gasteiger charge is -2.22. The van der Waals surface area contributed by atoms with E-state index in [0.29, 0.717) is 0 Å². The first-order valence-corrected chi connectivity index (χ1v) is 17.5. The van der Waals surface area contributed by atoms with Gasteiger partial charge in [-0.3, -0.25) is 4.57 Å². The van der Waals surface area contributed by atoms with E-state index < -0.39 is 5.41 Å². The summed E-state index contributed by atoms with van der Waals surface area (Å²) in [5.74, 6) is 0.842. The first-order valence-electron chi connectivity index (χ1n) is 17.5. The van der Waals surface area contributed by atoms with E-state index in [4.69, 9.17) is 14.4 Å². The predicted molar refractivity (Wildman–Crippen MR) is 210 cm³/mol. The first-order chi connectivity index (χ1) is 25.0. The second-order valence-electron chi connectivity index (χ2n) is 14.2. The summed E-state index contributed by atoms with van der Waals surface area (Å²) in [4.78, 5) is 11.3. The van der Waals surface area contributed by atoms with Crippen molar-refractivity contribution in [2.45, 2.75) is 19.3 Å². The Morgan fingerprint density at radius 2 is 1.24 bits per heavy atom.